The van der Waals surface area contributed by atoms with Gasteiger partial charge in [0.25, 0.3) is 0 Å². The van der Waals surface area contributed by atoms with Crippen molar-refractivity contribution in [1.82, 2.24) is 4.90 Å². The summed E-state index contributed by atoms with van der Waals surface area (Å²) in [5.74, 6) is 0. The molecule has 1 nitrogen and oxygen atoms in total. The second kappa shape index (κ2) is 4.00. The molecule has 0 aromatic rings. The first kappa shape index (κ1) is 11.0. The molecular formula is C12H25N. The van der Waals surface area contributed by atoms with Gasteiger partial charge in [-0.2, -0.15) is 0 Å². The van der Waals surface area contributed by atoms with Crippen molar-refractivity contribution in [3.8, 4) is 0 Å². The summed E-state index contributed by atoms with van der Waals surface area (Å²) in [7, 11) is 0. The summed E-state index contributed by atoms with van der Waals surface area (Å²) in [6.45, 7) is 13.1. The van der Waals surface area contributed by atoms with Gasteiger partial charge in [-0.25, -0.2) is 0 Å². The Hall–Kier alpha value is -0.0400. The molecule has 0 aromatic heterocycles. The molecule has 1 rings (SSSR count). The first-order valence-corrected chi connectivity index (χ1v) is 5.72. The van der Waals surface area contributed by atoms with Crippen molar-refractivity contribution >= 4 is 0 Å². The number of likely N-dealkylation sites (tertiary alicyclic amines) is 1. The molecule has 0 spiro atoms. The van der Waals surface area contributed by atoms with Crippen molar-refractivity contribution in [2.45, 2.75) is 66.0 Å². The van der Waals surface area contributed by atoms with Gasteiger partial charge >= 0.3 is 0 Å². The average Bonchev–Trinajstić information content (AvgIpc) is 2.49. The minimum absolute atomic E-state index is 0.458. The second-order valence-corrected chi connectivity index (χ2v) is 5.52. The van der Waals surface area contributed by atoms with Crippen LogP contribution in [0.3, 0.4) is 0 Å². The van der Waals surface area contributed by atoms with E-state index < -0.39 is 0 Å². The maximum absolute atomic E-state index is 2.71. The smallest absolute Gasteiger partial charge is 0.0147 e. The van der Waals surface area contributed by atoms with Gasteiger partial charge in [0.15, 0.2) is 0 Å². The molecule has 1 aliphatic rings. The summed E-state index contributed by atoms with van der Waals surface area (Å²) < 4.78 is 0. The van der Waals surface area contributed by atoms with E-state index in [-0.39, 0.29) is 0 Å². The molecule has 0 aliphatic carbocycles. The largest absolute Gasteiger partial charge is 0.297 e. The molecule has 1 fully saturated rings. The Morgan fingerprint density at radius 2 is 2.00 bits per heavy atom. The lowest BCUT2D eigenvalue weighted by atomic mass is 9.84. The predicted octanol–water partition coefficient (Wildman–Crippen LogP) is 3.30. The van der Waals surface area contributed by atoms with Gasteiger partial charge in [0.2, 0.25) is 0 Å². The summed E-state index contributed by atoms with van der Waals surface area (Å²) in [5, 5.41) is 0. The molecule has 0 amide bonds. The molecule has 2 atom stereocenters. The lowest BCUT2D eigenvalue weighted by Gasteiger charge is -2.38. The quantitative estimate of drug-likeness (QED) is 0.635. The van der Waals surface area contributed by atoms with Crippen LogP contribution in [0, 0.1) is 5.41 Å². The van der Waals surface area contributed by atoms with Gasteiger partial charge in [0.1, 0.15) is 0 Å². The molecule has 0 aromatic carbocycles. The maximum Gasteiger partial charge on any atom is 0.0147 e. The molecule has 78 valence electrons. The second-order valence-electron chi connectivity index (χ2n) is 5.52. The van der Waals surface area contributed by atoms with Crippen molar-refractivity contribution in [2.24, 2.45) is 5.41 Å². The van der Waals surface area contributed by atoms with Crippen LogP contribution in [0.4, 0.5) is 0 Å². The molecule has 1 heterocycles. The van der Waals surface area contributed by atoms with E-state index in [1.807, 2.05) is 0 Å². The zero-order chi connectivity index (χ0) is 10.1. The van der Waals surface area contributed by atoms with Crippen LogP contribution in [-0.2, 0) is 0 Å². The molecule has 1 aliphatic heterocycles. The van der Waals surface area contributed by atoms with Crippen molar-refractivity contribution < 1.29 is 0 Å². The van der Waals surface area contributed by atoms with Crippen LogP contribution >= 0.6 is 0 Å². The van der Waals surface area contributed by atoms with E-state index >= 15 is 0 Å². The zero-order valence-corrected chi connectivity index (χ0v) is 9.93. The van der Waals surface area contributed by atoms with Crippen LogP contribution in [0.15, 0.2) is 0 Å². The highest BCUT2D eigenvalue weighted by atomic mass is 15.2. The number of hydrogen-bond acceptors (Lipinski definition) is 1. The number of nitrogens with zero attached hydrogens (tertiary/aromatic N) is 1. The highest BCUT2D eigenvalue weighted by molar-refractivity contribution is 4.90. The van der Waals surface area contributed by atoms with Gasteiger partial charge in [-0.15, -0.1) is 0 Å². The number of hydrogen-bond donors (Lipinski definition) is 0. The van der Waals surface area contributed by atoms with E-state index in [0.717, 1.165) is 12.1 Å². The summed E-state index contributed by atoms with van der Waals surface area (Å²) in [4.78, 5) is 2.71. The lowest BCUT2D eigenvalue weighted by molar-refractivity contribution is 0.102. The topological polar surface area (TPSA) is 3.24 Å². The third kappa shape index (κ3) is 2.46. The Balaban J connectivity index is 2.64. The van der Waals surface area contributed by atoms with Gasteiger partial charge in [-0.3, -0.25) is 4.90 Å². The Labute approximate surface area is 83.5 Å². The maximum atomic E-state index is 2.71. The zero-order valence-electron chi connectivity index (χ0n) is 9.93. The summed E-state index contributed by atoms with van der Waals surface area (Å²) in [6, 6.07) is 1.58. The van der Waals surface area contributed by atoms with E-state index in [1.54, 1.807) is 0 Å². The van der Waals surface area contributed by atoms with Gasteiger partial charge < -0.3 is 0 Å². The standard InChI is InChI=1S/C12H25N/c1-6-10(2)13-9-7-8-11(13)12(3,4)5/h10-11H,6-9H2,1-5H3/t10?,11-/m0/s1. The summed E-state index contributed by atoms with van der Waals surface area (Å²) in [5.41, 5.74) is 0.458. The van der Waals surface area contributed by atoms with Gasteiger partial charge in [-0.1, -0.05) is 27.7 Å². The van der Waals surface area contributed by atoms with Crippen LogP contribution in [0.25, 0.3) is 0 Å². The first-order valence-electron chi connectivity index (χ1n) is 5.72. The van der Waals surface area contributed by atoms with E-state index in [9.17, 15) is 0 Å². The highest BCUT2D eigenvalue weighted by Crippen LogP contribution is 2.34. The molecule has 1 heteroatoms. The molecule has 0 saturated carbocycles. The van der Waals surface area contributed by atoms with Crippen LogP contribution in [0.5, 0.6) is 0 Å². The molecule has 1 unspecified atom stereocenters. The van der Waals surface area contributed by atoms with E-state index in [2.05, 4.69) is 39.5 Å². The Morgan fingerprint density at radius 1 is 1.38 bits per heavy atom. The molecule has 0 radical (unpaired) electrons. The van der Waals surface area contributed by atoms with Gasteiger partial charge in [-0.05, 0) is 38.1 Å². The normalized spacial score (nSPS) is 27.9. The van der Waals surface area contributed by atoms with Crippen LogP contribution < -0.4 is 0 Å². The van der Waals surface area contributed by atoms with Crippen LogP contribution in [-0.4, -0.2) is 23.5 Å². The molecule has 1 saturated heterocycles. The third-order valence-electron chi connectivity index (χ3n) is 3.45. The minimum atomic E-state index is 0.458. The van der Waals surface area contributed by atoms with E-state index in [1.165, 1.54) is 25.8 Å². The van der Waals surface area contributed by atoms with Crippen LogP contribution in [0.2, 0.25) is 0 Å². The minimum Gasteiger partial charge on any atom is -0.297 e. The fourth-order valence-electron chi connectivity index (χ4n) is 2.48. The Kier molecular flexibility index (Phi) is 3.39. The van der Waals surface area contributed by atoms with Gasteiger partial charge in [0.05, 0.1) is 0 Å². The fraction of sp³-hybridized carbons (Fsp3) is 1.00. The molecular weight excluding hydrogens is 158 g/mol. The highest BCUT2D eigenvalue weighted by Gasteiger charge is 2.35. The van der Waals surface area contributed by atoms with Crippen molar-refractivity contribution in [1.29, 1.82) is 0 Å². The molecule has 0 N–H and O–H groups in total. The van der Waals surface area contributed by atoms with Crippen molar-refractivity contribution in [3.63, 3.8) is 0 Å². The summed E-state index contributed by atoms with van der Waals surface area (Å²) >= 11 is 0. The number of rotatable bonds is 2. The van der Waals surface area contributed by atoms with Crippen LogP contribution in [0.1, 0.15) is 53.9 Å². The van der Waals surface area contributed by atoms with E-state index in [0.29, 0.717) is 5.41 Å². The lowest BCUT2D eigenvalue weighted by Crippen LogP contribution is -2.43. The predicted molar refractivity (Wildman–Crippen MR) is 58.9 cm³/mol. The first-order chi connectivity index (χ1) is 5.96. The molecule has 0 bridgehead atoms. The SMILES string of the molecule is CCC(C)N1CCC[C@H]1C(C)(C)C. The third-order valence-corrected chi connectivity index (χ3v) is 3.45. The molecule has 13 heavy (non-hydrogen) atoms. The van der Waals surface area contributed by atoms with Crippen molar-refractivity contribution in [2.75, 3.05) is 6.54 Å². The Bertz CT molecular complexity index is 157. The van der Waals surface area contributed by atoms with E-state index in [4.69, 9.17) is 0 Å². The summed E-state index contributed by atoms with van der Waals surface area (Å²) in [6.07, 6.45) is 4.08. The van der Waals surface area contributed by atoms with Gasteiger partial charge in [0, 0.05) is 12.1 Å². The van der Waals surface area contributed by atoms with Crippen molar-refractivity contribution in [3.05, 3.63) is 0 Å². The average molecular weight is 183 g/mol. The monoisotopic (exact) mass is 183 g/mol. The fourth-order valence-corrected chi connectivity index (χ4v) is 2.48. The Morgan fingerprint density at radius 3 is 2.46 bits per heavy atom.